The van der Waals surface area contributed by atoms with Gasteiger partial charge in [0.15, 0.2) is 16.6 Å². The first-order valence-electron chi connectivity index (χ1n) is 11.4. The number of carbonyl (C=O) groups is 1. The van der Waals surface area contributed by atoms with Crippen molar-refractivity contribution in [3.05, 3.63) is 40.4 Å². The Morgan fingerprint density at radius 1 is 0.971 bits per heavy atom. The van der Waals surface area contributed by atoms with Crippen LogP contribution in [-0.2, 0) is 0 Å². The number of likely N-dealkylation sites (N-methyl/N-ethyl adjacent to an activating group) is 1. The van der Waals surface area contributed by atoms with Gasteiger partial charge in [-0.3, -0.25) is 9.69 Å². The Morgan fingerprint density at radius 3 is 2.11 bits per heavy atom. The van der Waals surface area contributed by atoms with Crippen molar-refractivity contribution in [2.24, 2.45) is 0 Å². The number of hydrogen-bond donors (Lipinski definition) is 0. The normalized spacial score (nSPS) is 10.9. The van der Waals surface area contributed by atoms with Crippen LogP contribution in [-0.4, -0.2) is 62.8 Å². The van der Waals surface area contributed by atoms with E-state index in [9.17, 15) is 4.79 Å². The van der Waals surface area contributed by atoms with Crippen LogP contribution in [0.1, 0.15) is 36.7 Å². The van der Waals surface area contributed by atoms with Gasteiger partial charge in [0.2, 0.25) is 5.75 Å². The highest BCUT2D eigenvalue weighted by Crippen LogP contribution is 2.40. The molecule has 1 heterocycles. The summed E-state index contributed by atoms with van der Waals surface area (Å²) in [5.74, 6) is 1.29. The van der Waals surface area contributed by atoms with Crippen LogP contribution < -0.4 is 19.1 Å². The molecule has 0 aliphatic heterocycles. The Balaban J connectivity index is 0.00000432. The lowest BCUT2D eigenvalue weighted by atomic mass is 10.1. The lowest BCUT2D eigenvalue weighted by Gasteiger charge is -2.23. The van der Waals surface area contributed by atoms with Crippen LogP contribution in [0.15, 0.2) is 24.3 Å². The third kappa shape index (κ3) is 6.91. The van der Waals surface area contributed by atoms with E-state index in [-0.39, 0.29) is 18.3 Å². The number of amides is 1. The van der Waals surface area contributed by atoms with Crippen molar-refractivity contribution in [1.29, 1.82) is 0 Å². The molecule has 0 saturated heterocycles. The summed E-state index contributed by atoms with van der Waals surface area (Å²) >= 11 is 7.71. The number of carbonyl (C=O) groups excluding carboxylic acids is 1. The van der Waals surface area contributed by atoms with Gasteiger partial charge in [-0.05, 0) is 71.6 Å². The minimum Gasteiger partial charge on any atom is -0.490 e. The smallest absolute Gasteiger partial charge is 0.260 e. The molecular formula is C25H33Cl2N3O4S. The third-order valence-electron chi connectivity index (χ3n) is 5.04. The second-order valence-corrected chi connectivity index (χ2v) is 9.37. The summed E-state index contributed by atoms with van der Waals surface area (Å²) in [6, 6.07) is 7.21. The second-order valence-electron chi connectivity index (χ2n) is 7.93. The van der Waals surface area contributed by atoms with Gasteiger partial charge < -0.3 is 19.1 Å². The summed E-state index contributed by atoms with van der Waals surface area (Å²) in [4.78, 5) is 22.4. The topological polar surface area (TPSA) is 64.1 Å². The maximum absolute atomic E-state index is 13.9. The molecule has 0 N–H and O–H groups in total. The molecule has 35 heavy (non-hydrogen) atoms. The number of nitrogens with zero attached hydrogens (tertiary/aromatic N) is 3. The molecule has 0 bridgehead atoms. The van der Waals surface area contributed by atoms with E-state index in [4.69, 9.17) is 30.8 Å². The number of aromatic nitrogens is 1. The lowest BCUT2D eigenvalue weighted by molar-refractivity contribution is 0.0984. The molecule has 0 unspecified atom stereocenters. The van der Waals surface area contributed by atoms with E-state index in [1.54, 1.807) is 17.0 Å². The molecule has 3 rings (SSSR count). The van der Waals surface area contributed by atoms with Gasteiger partial charge in [0, 0.05) is 23.7 Å². The van der Waals surface area contributed by atoms with Gasteiger partial charge in [-0.1, -0.05) is 22.9 Å². The standard InChI is InChI=1S/C25H32ClN3O4S.ClH/c1-7-31-19-13-17(14-20(32-8-2)23(19)33-9-3)24(30)29(11-10-28(5)6)25-27-22-16(4)12-18(26)15-21(22)34-25;/h12-15H,7-11H2,1-6H3;1H. The van der Waals surface area contributed by atoms with Crippen molar-refractivity contribution in [2.45, 2.75) is 27.7 Å². The van der Waals surface area contributed by atoms with Crippen LogP contribution in [0.3, 0.4) is 0 Å². The molecule has 7 nitrogen and oxygen atoms in total. The summed E-state index contributed by atoms with van der Waals surface area (Å²) < 4.78 is 18.4. The van der Waals surface area contributed by atoms with Gasteiger partial charge in [-0.15, -0.1) is 12.4 Å². The third-order valence-corrected chi connectivity index (χ3v) is 6.29. The fraction of sp³-hybridized carbons (Fsp3) is 0.440. The summed E-state index contributed by atoms with van der Waals surface area (Å²) in [6.45, 7) is 10.1. The molecule has 0 radical (unpaired) electrons. The van der Waals surface area contributed by atoms with Crippen LogP contribution in [0.25, 0.3) is 10.2 Å². The second kappa shape index (κ2) is 13.2. The van der Waals surface area contributed by atoms with Crippen molar-refractivity contribution in [1.82, 2.24) is 9.88 Å². The maximum atomic E-state index is 13.9. The molecule has 1 amide bonds. The Bertz CT molecular complexity index is 1130. The summed E-state index contributed by atoms with van der Waals surface area (Å²) in [6.07, 6.45) is 0. The van der Waals surface area contributed by atoms with Crippen molar-refractivity contribution in [3.63, 3.8) is 0 Å². The van der Waals surface area contributed by atoms with Crippen molar-refractivity contribution in [2.75, 3.05) is 51.9 Å². The molecule has 0 spiro atoms. The molecule has 10 heteroatoms. The van der Waals surface area contributed by atoms with Crippen molar-refractivity contribution >= 4 is 56.6 Å². The molecule has 0 saturated carbocycles. The van der Waals surface area contributed by atoms with E-state index in [0.29, 0.717) is 65.9 Å². The molecule has 3 aromatic rings. The fourth-order valence-corrected chi connectivity index (χ4v) is 4.95. The van der Waals surface area contributed by atoms with E-state index >= 15 is 0 Å². The quantitative estimate of drug-likeness (QED) is 0.293. The molecule has 0 aliphatic carbocycles. The van der Waals surface area contributed by atoms with Crippen LogP contribution >= 0.6 is 35.3 Å². The highest BCUT2D eigenvalue weighted by atomic mass is 35.5. The van der Waals surface area contributed by atoms with Crippen LogP contribution in [0.5, 0.6) is 17.2 Å². The highest BCUT2D eigenvalue weighted by Gasteiger charge is 2.25. The minimum absolute atomic E-state index is 0. The van der Waals surface area contributed by atoms with Crippen molar-refractivity contribution in [3.8, 4) is 17.2 Å². The fourth-order valence-electron chi connectivity index (χ4n) is 3.51. The zero-order chi connectivity index (χ0) is 24.8. The molecule has 0 fully saturated rings. The average molecular weight is 543 g/mol. The van der Waals surface area contributed by atoms with Gasteiger partial charge in [0.1, 0.15) is 0 Å². The number of aryl methyl sites for hydroxylation is 1. The number of halogens is 2. The van der Waals surface area contributed by atoms with Crippen LogP contribution in [0.4, 0.5) is 5.13 Å². The van der Waals surface area contributed by atoms with E-state index in [0.717, 1.165) is 15.8 Å². The summed E-state index contributed by atoms with van der Waals surface area (Å²) in [7, 11) is 3.95. The Kier molecular flexibility index (Phi) is 10.9. The van der Waals surface area contributed by atoms with Crippen molar-refractivity contribution < 1.29 is 19.0 Å². The van der Waals surface area contributed by atoms with Gasteiger partial charge >= 0.3 is 0 Å². The largest absolute Gasteiger partial charge is 0.490 e. The minimum atomic E-state index is -0.186. The van der Waals surface area contributed by atoms with Gasteiger partial charge in [-0.2, -0.15) is 0 Å². The van der Waals surface area contributed by atoms with E-state index < -0.39 is 0 Å². The highest BCUT2D eigenvalue weighted by molar-refractivity contribution is 7.22. The summed E-state index contributed by atoms with van der Waals surface area (Å²) in [5.41, 5.74) is 2.27. The number of thiazole rings is 1. The van der Waals surface area contributed by atoms with Crippen LogP contribution in [0, 0.1) is 6.92 Å². The lowest BCUT2D eigenvalue weighted by Crippen LogP contribution is -2.36. The zero-order valence-electron chi connectivity index (χ0n) is 21.0. The molecule has 192 valence electrons. The number of hydrogen-bond acceptors (Lipinski definition) is 7. The number of benzene rings is 2. The molecule has 0 atom stereocenters. The van der Waals surface area contributed by atoms with Gasteiger partial charge in [0.05, 0.1) is 30.0 Å². The number of rotatable bonds is 11. The van der Waals surface area contributed by atoms with E-state index in [1.165, 1.54) is 11.3 Å². The zero-order valence-corrected chi connectivity index (χ0v) is 23.4. The predicted molar refractivity (Wildman–Crippen MR) is 147 cm³/mol. The first kappa shape index (κ1) is 29.0. The van der Waals surface area contributed by atoms with E-state index in [2.05, 4.69) is 0 Å². The molecule has 1 aromatic heterocycles. The molecule has 2 aromatic carbocycles. The first-order chi connectivity index (χ1) is 16.3. The first-order valence-corrected chi connectivity index (χ1v) is 12.6. The van der Waals surface area contributed by atoms with Crippen LogP contribution in [0.2, 0.25) is 5.02 Å². The molecular weight excluding hydrogens is 509 g/mol. The number of ether oxygens (including phenoxy) is 3. The predicted octanol–water partition coefficient (Wildman–Crippen LogP) is 6.08. The number of fused-ring (bicyclic) bond motifs is 1. The summed E-state index contributed by atoms with van der Waals surface area (Å²) in [5, 5.41) is 1.28. The van der Waals surface area contributed by atoms with Gasteiger partial charge in [-0.25, -0.2) is 4.98 Å². The Hall–Kier alpha value is -2.26. The monoisotopic (exact) mass is 541 g/mol. The Labute approximate surface area is 222 Å². The number of anilines is 1. The molecule has 0 aliphatic rings. The van der Waals surface area contributed by atoms with E-state index in [1.807, 2.05) is 58.8 Å². The Morgan fingerprint density at radius 2 is 1.57 bits per heavy atom. The SMILES string of the molecule is CCOc1cc(C(=O)N(CCN(C)C)c2nc3c(C)cc(Cl)cc3s2)cc(OCC)c1OCC.Cl. The average Bonchev–Trinajstić information content (AvgIpc) is 3.20. The maximum Gasteiger partial charge on any atom is 0.260 e. The van der Waals surface area contributed by atoms with Gasteiger partial charge in [0.25, 0.3) is 5.91 Å².